The van der Waals surface area contributed by atoms with Gasteiger partial charge in [0.1, 0.15) is 12.1 Å². The Balaban J connectivity index is 1.71. The zero-order valence-corrected chi connectivity index (χ0v) is 14.5. The summed E-state index contributed by atoms with van der Waals surface area (Å²) in [6, 6.07) is 16.2. The first kappa shape index (κ1) is 17.8. The number of nitrogens with zero attached hydrogens (tertiary/aromatic N) is 2. The zero-order valence-electron chi connectivity index (χ0n) is 14.5. The van der Waals surface area contributed by atoms with Crippen molar-refractivity contribution in [3.8, 4) is 17.0 Å². The molecular formula is C20H21FN4O. The van der Waals surface area contributed by atoms with E-state index in [1.165, 1.54) is 12.4 Å². The van der Waals surface area contributed by atoms with Crippen molar-refractivity contribution in [1.29, 1.82) is 0 Å². The predicted octanol–water partition coefficient (Wildman–Crippen LogP) is 3.79. The summed E-state index contributed by atoms with van der Waals surface area (Å²) in [5.41, 5.74) is 8.51. The molecule has 0 radical (unpaired) electrons. The highest BCUT2D eigenvalue weighted by Gasteiger charge is 2.09. The Morgan fingerprint density at radius 1 is 1.12 bits per heavy atom. The van der Waals surface area contributed by atoms with Gasteiger partial charge in [0.05, 0.1) is 12.3 Å². The minimum Gasteiger partial charge on any atom is -0.491 e. The molecule has 0 aliphatic heterocycles. The van der Waals surface area contributed by atoms with Crippen LogP contribution in [0.3, 0.4) is 0 Å². The Labute approximate surface area is 152 Å². The Kier molecular flexibility index (Phi) is 5.76. The monoisotopic (exact) mass is 352 g/mol. The van der Waals surface area contributed by atoms with Crippen LogP contribution in [0.25, 0.3) is 11.3 Å². The minimum absolute atomic E-state index is 0.155. The molecule has 3 N–H and O–H groups in total. The number of rotatable bonds is 7. The summed E-state index contributed by atoms with van der Waals surface area (Å²) in [6.07, 6.45) is 1.44. The molecule has 1 atom stereocenters. The molecule has 0 aliphatic carbocycles. The second-order valence-electron chi connectivity index (χ2n) is 5.76. The number of halogens is 1. The van der Waals surface area contributed by atoms with Crippen molar-refractivity contribution in [3.05, 3.63) is 72.3 Å². The highest BCUT2D eigenvalue weighted by atomic mass is 19.1. The predicted molar refractivity (Wildman–Crippen MR) is 100 cm³/mol. The molecule has 26 heavy (non-hydrogen) atoms. The highest BCUT2D eigenvalue weighted by molar-refractivity contribution is 5.63. The van der Waals surface area contributed by atoms with Crippen molar-refractivity contribution < 1.29 is 9.13 Å². The van der Waals surface area contributed by atoms with E-state index < -0.39 is 5.82 Å². The van der Waals surface area contributed by atoms with Crippen LogP contribution in [0, 0.1) is 5.82 Å². The van der Waals surface area contributed by atoms with Gasteiger partial charge in [-0.2, -0.15) is 0 Å². The molecule has 0 spiro atoms. The maximum absolute atomic E-state index is 14.1. The maximum Gasteiger partial charge on any atom is 0.165 e. The first-order valence-electron chi connectivity index (χ1n) is 8.46. The van der Waals surface area contributed by atoms with Gasteiger partial charge >= 0.3 is 0 Å². The van der Waals surface area contributed by atoms with E-state index in [1.54, 1.807) is 18.2 Å². The van der Waals surface area contributed by atoms with Crippen molar-refractivity contribution in [2.75, 3.05) is 18.5 Å². The second-order valence-corrected chi connectivity index (χ2v) is 5.76. The second kappa shape index (κ2) is 8.40. The molecule has 134 valence electrons. The van der Waals surface area contributed by atoms with Gasteiger partial charge in [0, 0.05) is 24.2 Å². The normalized spacial score (nSPS) is 11.8. The van der Waals surface area contributed by atoms with E-state index in [9.17, 15) is 4.39 Å². The summed E-state index contributed by atoms with van der Waals surface area (Å²) in [6.45, 7) is 2.76. The van der Waals surface area contributed by atoms with Gasteiger partial charge < -0.3 is 15.8 Å². The molecule has 2 aromatic carbocycles. The summed E-state index contributed by atoms with van der Waals surface area (Å²) in [4.78, 5) is 8.43. The van der Waals surface area contributed by atoms with Crippen LogP contribution in [0.2, 0.25) is 0 Å². The molecule has 0 amide bonds. The third kappa shape index (κ3) is 4.34. The van der Waals surface area contributed by atoms with Crippen LogP contribution in [-0.4, -0.2) is 23.1 Å². The molecule has 0 fully saturated rings. The topological polar surface area (TPSA) is 73.1 Å². The summed E-state index contributed by atoms with van der Waals surface area (Å²) in [5, 5.41) is 3.20. The number of nitrogens with one attached hydrogen (secondary N) is 1. The van der Waals surface area contributed by atoms with Crippen LogP contribution in [-0.2, 0) is 0 Å². The highest BCUT2D eigenvalue weighted by Crippen LogP contribution is 2.25. The van der Waals surface area contributed by atoms with Crippen molar-refractivity contribution >= 4 is 5.82 Å². The van der Waals surface area contributed by atoms with Gasteiger partial charge in [-0.15, -0.1) is 0 Å². The van der Waals surface area contributed by atoms with Crippen LogP contribution >= 0.6 is 0 Å². The van der Waals surface area contributed by atoms with Crippen molar-refractivity contribution in [1.82, 2.24) is 9.97 Å². The number of ether oxygens (including phenoxy) is 1. The third-order valence-corrected chi connectivity index (χ3v) is 3.93. The maximum atomic E-state index is 14.1. The molecule has 1 heterocycles. The van der Waals surface area contributed by atoms with E-state index in [4.69, 9.17) is 10.5 Å². The van der Waals surface area contributed by atoms with Crippen LogP contribution < -0.4 is 15.8 Å². The van der Waals surface area contributed by atoms with E-state index in [0.29, 0.717) is 30.2 Å². The molecular weight excluding hydrogens is 331 g/mol. The number of anilines is 1. The summed E-state index contributed by atoms with van der Waals surface area (Å²) >= 11 is 0. The Morgan fingerprint density at radius 2 is 1.92 bits per heavy atom. The first-order valence-corrected chi connectivity index (χ1v) is 8.46. The van der Waals surface area contributed by atoms with Gasteiger partial charge in [0.2, 0.25) is 0 Å². The minimum atomic E-state index is -0.413. The summed E-state index contributed by atoms with van der Waals surface area (Å²) < 4.78 is 19.3. The molecule has 3 aromatic rings. The number of hydrogen-bond donors (Lipinski definition) is 2. The lowest BCUT2D eigenvalue weighted by atomic mass is 10.1. The number of aromatic nitrogens is 2. The first-order chi connectivity index (χ1) is 12.7. The van der Waals surface area contributed by atoms with Gasteiger partial charge in [-0.3, -0.25) is 0 Å². The summed E-state index contributed by atoms with van der Waals surface area (Å²) in [7, 11) is 0. The quantitative estimate of drug-likeness (QED) is 0.677. The molecule has 0 unspecified atom stereocenters. The molecule has 0 saturated carbocycles. The van der Waals surface area contributed by atoms with Crippen LogP contribution in [0.1, 0.15) is 18.5 Å². The Bertz CT molecular complexity index is 857. The van der Waals surface area contributed by atoms with Crippen molar-refractivity contribution in [2.45, 2.75) is 13.0 Å². The average molecular weight is 352 g/mol. The molecule has 3 rings (SSSR count). The lowest BCUT2D eigenvalue weighted by molar-refractivity contribution is 0.321. The molecule has 6 heteroatoms. The molecule has 1 aromatic heterocycles. The number of benzene rings is 2. The van der Waals surface area contributed by atoms with Gasteiger partial charge in [0.25, 0.3) is 0 Å². The van der Waals surface area contributed by atoms with Crippen LogP contribution in [0.5, 0.6) is 5.75 Å². The van der Waals surface area contributed by atoms with E-state index in [0.717, 1.165) is 5.56 Å². The Morgan fingerprint density at radius 3 is 2.65 bits per heavy atom. The molecule has 5 nitrogen and oxygen atoms in total. The smallest absolute Gasteiger partial charge is 0.165 e. The lowest BCUT2D eigenvalue weighted by Gasteiger charge is -2.14. The standard InChI is InChI=1S/C20H21FN4O/c1-2-26-19-9-8-15(10-16(19)21)18-11-20(25-13-24-18)23-12-17(22)14-6-4-3-5-7-14/h3-11,13,17H,2,12,22H2,1H3,(H,23,24,25)/t17-/m0/s1. The van der Waals surface area contributed by atoms with Crippen LogP contribution in [0.4, 0.5) is 10.2 Å². The largest absolute Gasteiger partial charge is 0.491 e. The zero-order chi connectivity index (χ0) is 18.4. The van der Waals surface area contributed by atoms with E-state index >= 15 is 0 Å². The lowest BCUT2D eigenvalue weighted by Crippen LogP contribution is -2.20. The van der Waals surface area contributed by atoms with Crippen molar-refractivity contribution in [3.63, 3.8) is 0 Å². The molecule has 0 aliphatic rings. The summed E-state index contributed by atoms with van der Waals surface area (Å²) in [5.74, 6) is 0.455. The van der Waals surface area contributed by atoms with E-state index in [-0.39, 0.29) is 11.8 Å². The van der Waals surface area contributed by atoms with E-state index in [2.05, 4.69) is 15.3 Å². The fourth-order valence-electron chi connectivity index (χ4n) is 2.58. The third-order valence-electron chi connectivity index (χ3n) is 3.93. The molecule has 0 saturated heterocycles. The van der Waals surface area contributed by atoms with Gasteiger partial charge in [-0.1, -0.05) is 30.3 Å². The molecule has 0 bridgehead atoms. The number of hydrogen-bond acceptors (Lipinski definition) is 5. The van der Waals surface area contributed by atoms with Gasteiger partial charge in [-0.25, -0.2) is 14.4 Å². The fourth-order valence-corrected chi connectivity index (χ4v) is 2.58. The average Bonchev–Trinajstić information content (AvgIpc) is 2.69. The Hall–Kier alpha value is -2.99. The van der Waals surface area contributed by atoms with Crippen molar-refractivity contribution in [2.24, 2.45) is 5.73 Å². The van der Waals surface area contributed by atoms with Gasteiger partial charge in [0.15, 0.2) is 11.6 Å². The van der Waals surface area contributed by atoms with E-state index in [1.807, 2.05) is 37.3 Å². The SMILES string of the molecule is CCOc1ccc(-c2cc(NC[C@H](N)c3ccccc3)ncn2)cc1F. The fraction of sp³-hybridized carbons (Fsp3) is 0.200. The number of nitrogens with two attached hydrogens (primary N) is 1. The van der Waals surface area contributed by atoms with Gasteiger partial charge in [-0.05, 0) is 30.7 Å². The van der Waals surface area contributed by atoms with Crippen LogP contribution in [0.15, 0.2) is 60.9 Å².